The maximum atomic E-state index is 12.3. The number of ether oxygens (including phenoxy) is 2. The van der Waals surface area contributed by atoms with Crippen molar-refractivity contribution in [3.05, 3.63) is 59.2 Å². The maximum Gasteiger partial charge on any atom is 0.251 e. The number of carbonyl (C=O) groups excluding carboxylic acids is 1. The van der Waals surface area contributed by atoms with Crippen LogP contribution in [0.3, 0.4) is 0 Å². The standard InChI is InChI=1S/C19H23N3O3/c1-24-12-14-4-6-15(7-5-14)19(23)21-11-17-8-9-20-18(22-17)16-3-2-10-25-13-16/h4-9,16H,2-3,10-13H2,1H3,(H,21,23)/t16-/m1/s1. The highest BCUT2D eigenvalue weighted by molar-refractivity contribution is 5.94. The molecule has 1 aromatic carbocycles. The predicted octanol–water partition coefficient (Wildman–Crippen LogP) is 2.45. The number of rotatable bonds is 6. The summed E-state index contributed by atoms with van der Waals surface area (Å²) < 4.78 is 10.6. The molecule has 1 atom stereocenters. The van der Waals surface area contributed by atoms with Gasteiger partial charge in [-0.25, -0.2) is 9.97 Å². The van der Waals surface area contributed by atoms with Crippen LogP contribution < -0.4 is 5.32 Å². The molecule has 6 heteroatoms. The summed E-state index contributed by atoms with van der Waals surface area (Å²) in [5.74, 6) is 0.929. The van der Waals surface area contributed by atoms with E-state index in [1.165, 1.54) is 0 Å². The molecule has 0 radical (unpaired) electrons. The Bertz CT molecular complexity index is 697. The molecule has 3 rings (SSSR count). The van der Waals surface area contributed by atoms with Crippen LogP contribution in [0.5, 0.6) is 0 Å². The molecule has 1 N–H and O–H groups in total. The Morgan fingerprint density at radius 3 is 2.88 bits per heavy atom. The van der Waals surface area contributed by atoms with Gasteiger partial charge in [0, 0.05) is 31.4 Å². The zero-order valence-corrected chi connectivity index (χ0v) is 14.4. The van der Waals surface area contributed by atoms with Crippen molar-refractivity contribution < 1.29 is 14.3 Å². The third-order valence-electron chi connectivity index (χ3n) is 4.21. The van der Waals surface area contributed by atoms with Gasteiger partial charge in [-0.15, -0.1) is 0 Å². The average molecular weight is 341 g/mol. The Morgan fingerprint density at radius 1 is 1.32 bits per heavy atom. The molecule has 132 valence electrons. The molecule has 0 spiro atoms. The van der Waals surface area contributed by atoms with Gasteiger partial charge in [-0.1, -0.05) is 12.1 Å². The van der Waals surface area contributed by atoms with Gasteiger partial charge in [0.2, 0.25) is 0 Å². The van der Waals surface area contributed by atoms with Crippen LogP contribution in [0.4, 0.5) is 0 Å². The van der Waals surface area contributed by atoms with E-state index in [0.717, 1.165) is 36.5 Å². The molecule has 0 bridgehead atoms. The highest BCUT2D eigenvalue weighted by Gasteiger charge is 2.19. The number of aromatic nitrogens is 2. The van der Waals surface area contributed by atoms with Crippen LogP contribution in [0.2, 0.25) is 0 Å². The van der Waals surface area contributed by atoms with E-state index in [2.05, 4.69) is 15.3 Å². The highest BCUT2D eigenvalue weighted by Crippen LogP contribution is 2.22. The van der Waals surface area contributed by atoms with Gasteiger partial charge in [0.15, 0.2) is 0 Å². The first kappa shape index (κ1) is 17.5. The minimum Gasteiger partial charge on any atom is -0.381 e. The van der Waals surface area contributed by atoms with E-state index in [1.54, 1.807) is 25.4 Å². The predicted molar refractivity (Wildman–Crippen MR) is 93.2 cm³/mol. The maximum absolute atomic E-state index is 12.3. The second-order valence-electron chi connectivity index (χ2n) is 6.13. The second-order valence-corrected chi connectivity index (χ2v) is 6.13. The largest absolute Gasteiger partial charge is 0.381 e. The third-order valence-corrected chi connectivity index (χ3v) is 4.21. The van der Waals surface area contributed by atoms with Crippen LogP contribution in [-0.2, 0) is 22.6 Å². The van der Waals surface area contributed by atoms with Gasteiger partial charge in [-0.3, -0.25) is 4.79 Å². The van der Waals surface area contributed by atoms with Crippen molar-refractivity contribution in [3.8, 4) is 0 Å². The molecule has 2 aromatic rings. The third kappa shape index (κ3) is 4.84. The van der Waals surface area contributed by atoms with Crippen LogP contribution >= 0.6 is 0 Å². The monoisotopic (exact) mass is 341 g/mol. The summed E-state index contributed by atoms with van der Waals surface area (Å²) in [5.41, 5.74) is 2.46. The molecule has 25 heavy (non-hydrogen) atoms. The lowest BCUT2D eigenvalue weighted by Gasteiger charge is -2.20. The fourth-order valence-electron chi connectivity index (χ4n) is 2.84. The van der Waals surface area contributed by atoms with Gasteiger partial charge in [0.05, 0.1) is 25.5 Å². The van der Waals surface area contributed by atoms with Crippen molar-refractivity contribution in [1.82, 2.24) is 15.3 Å². The summed E-state index contributed by atoms with van der Waals surface area (Å²) in [6.45, 7) is 2.40. The molecule has 0 unspecified atom stereocenters. The van der Waals surface area contributed by atoms with Gasteiger partial charge in [0.1, 0.15) is 5.82 Å². The number of methoxy groups -OCH3 is 1. The zero-order valence-electron chi connectivity index (χ0n) is 14.4. The van der Waals surface area contributed by atoms with E-state index >= 15 is 0 Å². The second kappa shape index (κ2) is 8.69. The van der Waals surface area contributed by atoms with Gasteiger partial charge in [0.25, 0.3) is 5.91 Å². The first-order valence-corrected chi connectivity index (χ1v) is 8.52. The molecule has 2 heterocycles. The van der Waals surface area contributed by atoms with E-state index in [-0.39, 0.29) is 11.8 Å². The summed E-state index contributed by atoms with van der Waals surface area (Å²) in [7, 11) is 1.65. The molecule has 0 aliphatic carbocycles. The van der Waals surface area contributed by atoms with Crippen LogP contribution in [0.1, 0.15) is 46.2 Å². The topological polar surface area (TPSA) is 73.3 Å². The Balaban J connectivity index is 1.58. The van der Waals surface area contributed by atoms with Crippen LogP contribution in [0.25, 0.3) is 0 Å². The molecule has 1 aliphatic rings. The van der Waals surface area contributed by atoms with Crippen LogP contribution in [-0.4, -0.2) is 36.2 Å². The fraction of sp³-hybridized carbons (Fsp3) is 0.421. The first-order chi connectivity index (χ1) is 12.3. The molecule has 6 nitrogen and oxygen atoms in total. The van der Waals surface area contributed by atoms with Crippen molar-refractivity contribution in [3.63, 3.8) is 0 Å². The van der Waals surface area contributed by atoms with E-state index in [4.69, 9.17) is 9.47 Å². The van der Waals surface area contributed by atoms with E-state index in [9.17, 15) is 4.79 Å². The lowest BCUT2D eigenvalue weighted by Crippen LogP contribution is -2.24. The van der Waals surface area contributed by atoms with Crippen LogP contribution in [0, 0.1) is 0 Å². The Labute approximate surface area is 147 Å². The molecule has 1 aromatic heterocycles. The lowest BCUT2D eigenvalue weighted by molar-refractivity contribution is 0.0779. The summed E-state index contributed by atoms with van der Waals surface area (Å²) in [6.07, 6.45) is 3.83. The quantitative estimate of drug-likeness (QED) is 0.874. The van der Waals surface area contributed by atoms with Crippen molar-refractivity contribution >= 4 is 5.91 Å². The fourth-order valence-corrected chi connectivity index (χ4v) is 2.84. The van der Waals surface area contributed by atoms with Gasteiger partial charge in [-0.2, -0.15) is 0 Å². The van der Waals surface area contributed by atoms with E-state index in [1.807, 2.05) is 18.2 Å². The average Bonchev–Trinajstić information content (AvgIpc) is 2.68. The number of amides is 1. The number of benzene rings is 1. The molecular weight excluding hydrogens is 318 g/mol. The van der Waals surface area contributed by atoms with Crippen molar-refractivity contribution in [2.45, 2.75) is 31.9 Å². The Kier molecular flexibility index (Phi) is 6.09. The molecule has 1 fully saturated rings. The summed E-state index contributed by atoms with van der Waals surface area (Å²) in [4.78, 5) is 21.2. The SMILES string of the molecule is COCc1ccc(C(=O)NCc2ccnc([C@@H]3CCCOC3)n2)cc1. The number of hydrogen-bond acceptors (Lipinski definition) is 5. The first-order valence-electron chi connectivity index (χ1n) is 8.52. The molecule has 1 aliphatic heterocycles. The molecule has 1 amide bonds. The Hall–Kier alpha value is -2.31. The number of nitrogens with zero attached hydrogens (tertiary/aromatic N) is 2. The van der Waals surface area contributed by atoms with Gasteiger partial charge < -0.3 is 14.8 Å². The van der Waals surface area contributed by atoms with Crippen molar-refractivity contribution in [2.24, 2.45) is 0 Å². The van der Waals surface area contributed by atoms with Gasteiger partial charge >= 0.3 is 0 Å². The summed E-state index contributed by atoms with van der Waals surface area (Å²) >= 11 is 0. The van der Waals surface area contributed by atoms with Crippen molar-refractivity contribution in [1.29, 1.82) is 0 Å². The minimum atomic E-state index is -0.120. The number of nitrogens with one attached hydrogen (secondary N) is 1. The van der Waals surface area contributed by atoms with Crippen LogP contribution in [0.15, 0.2) is 36.5 Å². The minimum absolute atomic E-state index is 0.120. The highest BCUT2D eigenvalue weighted by atomic mass is 16.5. The van der Waals surface area contributed by atoms with Gasteiger partial charge in [-0.05, 0) is 36.6 Å². The number of carbonyl (C=O) groups is 1. The molecular formula is C19H23N3O3. The smallest absolute Gasteiger partial charge is 0.251 e. The van der Waals surface area contributed by atoms with E-state index < -0.39 is 0 Å². The molecule has 0 saturated carbocycles. The summed E-state index contributed by atoms with van der Waals surface area (Å²) in [5, 5.41) is 2.91. The zero-order chi connectivity index (χ0) is 17.5. The van der Waals surface area contributed by atoms with E-state index in [0.29, 0.717) is 25.3 Å². The molecule has 1 saturated heterocycles. The number of hydrogen-bond donors (Lipinski definition) is 1. The normalized spacial score (nSPS) is 17.2. The Morgan fingerprint density at radius 2 is 2.16 bits per heavy atom. The summed E-state index contributed by atoms with van der Waals surface area (Å²) in [6, 6.07) is 9.21. The van der Waals surface area contributed by atoms with Crippen molar-refractivity contribution in [2.75, 3.05) is 20.3 Å². The lowest BCUT2D eigenvalue weighted by atomic mass is 10.0.